The minimum Gasteiger partial charge on any atom is -0.382 e. The Morgan fingerprint density at radius 1 is 1.06 bits per heavy atom. The quantitative estimate of drug-likeness (QED) is 0.802. The molecule has 0 unspecified atom stereocenters. The van der Waals surface area contributed by atoms with E-state index in [2.05, 4.69) is 34.0 Å². The van der Waals surface area contributed by atoms with Gasteiger partial charge >= 0.3 is 0 Å². The van der Waals surface area contributed by atoms with Gasteiger partial charge in [-0.1, -0.05) is 29.8 Å². The zero-order chi connectivity index (χ0) is 12.5. The molecule has 1 aliphatic heterocycles. The van der Waals surface area contributed by atoms with Gasteiger partial charge in [-0.3, -0.25) is 9.98 Å². The summed E-state index contributed by atoms with van der Waals surface area (Å²) >= 11 is 0. The molecule has 0 saturated carbocycles. The molecule has 0 radical (unpaired) electrons. The molecule has 90 valence electrons. The highest BCUT2D eigenvalue weighted by Crippen LogP contribution is 2.16. The number of nitrogens with zero attached hydrogens (tertiary/aromatic N) is 3. The molecular formula is C14H14N4. The van der Waals surface area contributed by atoms with Gasteiger partial charge in [0, 0.05) is 5.56 Å². The van der Waals surface area contributed by atoms with Crippen LogP contribution in [-0.2, 0) is 0 Å². The van der Waals surface area contributed by atoms with E-state index in [0.717, 1.165) is 28.5 Å². The zero-order valence-electron chi connectivity index (χ0n) is 10.2. The summed E-state index contributed by atoms with van der Waals surface area (Å²) in [4.78, 5) is 13.2. The summed E-state index contributed by atoms with van der Waals surface area (Å²) in [6.45, 7) is 3.49. The minimum absolute atomic E-state index is 0.464. The Labute approximate surface area is 105 Å². The summed E-state index contributed by atoms with van der Waals surface area (Å²) in [5.41, 5.74) is 9.08. The number of fused-ring (bicyclic) bond motifs is 1. The third kappa shape index (κ3) is 1.86. The maximum absolute atomic E-state index is 5.94. The van der Waals surface area contributed by atoms with E-state index < -0.39 is 0 Å². The second-order valence-corrected chi connectivity index (χ2v) is 4.39. The number of rotatable bonds is 1. The Morgan fingerprint density at radius 2 is 1.78 bits per heavy atom. The van der Waals surface area contributed by atoms with Gasteiger partial charge in [-0.2, -0.15) is 0 Å². The van der Waals surface area contributed by atoms with Crippen molar-refractivity contribution in [3.8, 4) is 11.3 Å². The SMILES string of the molecule is Cc1ccc(-c2cc3c(c(N)n2)=NCCN=3)cc1. The molecule has 18 heavy (non-hydrogen) atoms. The summed E-state index contributed by atoms with van der Waals surface area (Å²) < 4.78 is 0. The van der Waals surface area contributed by atoms with Crippen molar-refractivity contribution in [1.82, 2.24) is 4.98 Å². The highest BCUT2D eigenvalue weighted by atomic mass is 14.9. The van der Waals surface area contributed by atoms with E-state index in [0.29, 0.717) is 12.4 Å². The van der Waals surface area contributed by atoms with E-state index in [4.69, 9.17) is 5.73 Å². The van der Waals surface area contributed by atoms with Gasteiger partial charge in [0.25, 0.3) is 0 Å². The van der Waals surface area contributed by atoms with Gasteiger partial charge in [-0.05, 0) is 13.0 Å². The van der Waals surface area contributed by atoms with Crippen LogP contribution in [0.25, 0.3) is 11.3 Å². The van der Waals surface area contributed by atoms with Crippen LogP contribution in [0.4, 0.5) is 5.82 Å². The first-order valence-electron chi connectivity index (χ1n) is 5.96. The molecule has 2 N–H and O–H groups in total. The Kier molecular flexibility index (Phi) is 2.55. The van der Waals surface area contributed by atoms with Crippen LogP contribution in [-0.4, -0.2) is 18.1 Å². The molecule has 4 heteroatoms. The highest BCUT2D eigenvalue weighted by molar-refractivity contribution is 5.60. The van der Waals surface area contributed by atoms with Gasteiger partial charge in [0.1, 0.15) is 5.36 Å². The van der Waals surface area contributed by atoms with Crippen LogP contribution in [0.1, 0.15) is 5.56 Å². The Bertz CT molecular complexity index is 702. The fraction of sp³-hybridized carbons (Fsp3) is 0.214. The average Bonchev–Trinajstić information content (AvgIpc) is 2.39. The van der Waals surface area contributed by atoms with Crippen LogP contribution in [0.2, 0.25) is 0 Å². The van der Waals surface area contributed by atoms with Crippen LogP contribution in [0.15, 0.2) is 40.3 Å². The fourth-order valence-corrected chi connectivity index (χ4v) is 2.03. The molecule has 0 saturated heterocycles. The Morgan fingerprint density at radius 3 is 2.56 bits per heavy atom. The number of aryl methyl sites for hydroxylation is 1. The monoisotopic (exact) mass is 238 g/mol. The van der Waals surface area contributed by atoms with Crippen molar-refractivity contribution in [3.63, 3.8) is 0 Å². The smallest absolute Gasteiger partial charge is 0.151 e. The predicted molar refractivity (Wildman–Crippen MR) is 70.9 cm³/mol. The molecule has 0 bridgehead atoms. The number of nitrogen functional groups attached to an aromatic ring is 1. The minimum atomic E-state index is 0.464. The summed E-state index contributed by atoms with van der Waals surface area (Å²) in [7, 11) is 0. The maximum Gasteiger partial charge on any atom is 0.151 e. The molecule has 0 atom stereocenters. The molecule has 1 aliphatic rings. The fourth-order valence-electron chi connectivity index (χ4n) is 2.03. The lowest BCUT2D eigenvalue weighted by atomic mass is 10.1. The van der Waals surface area contributed by atoms with E-state index >= 15 is 0 Å². The third-order valence-electron chi connectivity index (χ3n) is 3.00. The predicted octanol–water partition coefficient (Wildman–Crippen LogP) is 0.892. The van der Waals surface area contributed by atoms with Gasteiger partial charge in [0.15, 0.2) is 5.82 Å². The van der Waals surface area contributed by atoms with Crippen LogP contribution < -0.4 is 16.4 Å². The summed E-state index contributed by atoms with van der Waals surface area (Å²) in [6.07, 6.45) is 0. The van der Waals surface area contributed by atoms with Crippen molar-refractivity contribution in [2.75, 3.05) is 18.8 Å². The molecule has 4 nitrogen and oxygen atoms in total. The van der Waals surface area contributed by atoms with Crippen LogP contribution in [0, 0.1) is 6.92 Å². The van der Waals surface area contributed by atoms with E-state index in [-0.39, 0.29) is 0 Å². The van der Waals surface area contributed by atoms with Crippen molar-refractivity contribution in [2.24, 2.45) is 9.98 Å². The molecule has 1 aromatic carbocycles. The Balaban J connectivity index is 2.21. The molecule has 2 heterocycles. The first kappa shape index (κ1) is 10.9. The van der Waals surface area contributed by atoms with Gasteiger partial charge in [-0.25, -0.2) is 4.98 Å². The van der Waals surface area contributed by atoms with Crippen molar-refractivity contribution in [1.29, 1.82) is 0 Å². The number of hydrogen-bond acceptors (Lipinski definition) is 4. The van der Waals surface area contributed by atoms with E-state index in [1.54, 1.807) is 0 Å². The number of anilines is 1. The number of nitrogens with two attached hydrogens (primary N) is 1. The van der Waals surface area contributed by atoms with Gasteiger partial charge in [0.2, 0.25) is 0 Å². The maximum atomic E-state index is 5.94. The second-order valence-electron chi connectivity index (χ2n) is 4.39. The number of benzene rings is 1. The lowest BCUT2D eigenvalue weighted by Crippen LogP contribution is -2.33. The average molecular weight is 238 g/mol. The van der Waals surface area contributed by atoms with Crippen LogP contribution in [0.3, 0.4) is 0 Å². The molecule has 0 spiro atoms. The van der Waals surface area contributed by atoms with Gasteiger partial charge in [0.05, 0.1) is 24.1 Å². The van der Waals surface area contributed by atoms with E-state index in [9.17, 15) is 0 Å². The molecule has 2 aromatic rings. The molecule has 0 fully saturated rings. The van der Waals surface area contributed by atoms with Crippen molar-refractivity contribution in [3.05, 3.63) is 46.6 Å². The highest BCUT2D eigenvalue weighted by Gasteiger charge is 2.06. The topological polar surface area (TPSA) is 63.6 Å². The second kappa shape index (κ2) is 4.22. The lowest BCUT2D eigenvalue weighted by molar-refractivity contribution is 0.861. The standard InChI is InChI=1S/C14H14N4/c1-9-2-4-10(5-3-9)11-8-12-13(14(15)18-11)17-7-6-16-12/h2-5,8H,6-7H2,1H3,(H2,15,18). The lowest BCUT2D eigenvalue weighted by Gasteiger charge is -2.06. The number of aromatic nitrogens is 1. The zero-order valence-corrected chi connectivity index (χ0v) is 10.2. The third-order valence-corrected chi connectivity index (χ3v) is 3.00. The van der Waals surface area contributed by atoms with E-state index in [1.807, 2.05) is 18.2 Å². The van der Waals surface area contributed by atoms with Gasteiger partial charge in [-0.15, -0.1) is 0 Å². The Hall–Kier alpha value is -2.23. The molecule has 3 rings (SSSR count). The molecule has 0 aliphatic carbocycles. The summed E-state index contributed by atoms with van der Waals surface area (Å²) in [5, 5.41) is 1.58. The summed E-state index contributed by atoms with van der Waals surface area (Å²) in [5.74, 6) is 0.464. The number of pyridine rings is 1. The van der Waals surface area contributed by atoms with Crippen molar-refractivity contribution >= 4 is 5.82 Å². The largest absolute Gasteiger partial charge is 0.382 e. The van der Waals surface area contributed by atoms with Crippen molar-refractivity contribution < 1.29 is 0 Å². The van der Waals surface area contributed by atoms with Gasteiger partial charge < -0.3 is 5.73 Å². The normalized spacial score (nSPS) is 13.4. The first-order chi connectivity index (χ1) is 8.74. The molecule has 0 amide bonds. The van der Waals surface area contributed by atoms with Crippen molar-refractivity contribution in [2.45, 2.75) is 6.92 Å². The van der Waals surface area contributed by atoms with Crippen LogP contribution >= 0.6 is 0 Å². The summed E-state index contributed by atoms with van der Waals surface area (Å²) in [6, 6.07) is 10.2. The first-order valence-corrected chi connectivity index (χ1v) is 5.96. The number of hydrogen-bond donors (Lipinski definition) is 1. The van der Waals surface area contributed by atoms with Crippen LogP contribution in [0.5, 0.6) is 0 Å². The van der Waals surface area contributed by atoms with E-state index in [1.165, 1.54) is 5.56 Å². The molecule has 1 aromatic heterocycles. The molecular weight excluding hydrogens is 224 g/mol.